The smallest absolute Gasteiger partial charge is 0.143 e. The van der Waals surface area contributed by atoms with Crippen molar-refractivity contribution in [1.29, 1.82) is 0 Å². The Hall–Kier alpha value is 0.0200. The van der Waals surface area contributed by atoms with Crippen LogP contribution < -0.4 is 0 Å². The van der Waals surface area contributed by atoms with Crippen LogP contribution in [0.3, 0.4) is 0 Å². The van der Waals surface area contributed by atoms with Gasteiger partial charge in [0.05, 0.1) is 15.1 Å². The number of hydrogen-bond donors (Lipinski definition) is 0. The van der Waals surface area contributed by atoms with Crippen molar-refractivity contribution in [2.24, 2.45) is 0 Å². The summed E-state index contributed by atoms with van der Waals surface area (Å²) >= 11 is 16.7. The van der Waals surface area contributed by atoms with Crippen LogP contribution in [0.25, 0.3) is 0 Å². The minimum absolute atomic E-state index is 0.0748. The summed E-state index contributed by atoms with van der Waals surface area (Å²) in [5.41, 5.74) is 0.582. The highest BCUT2D eigenvalue weighted by molar-refractivity contribution is 6.48. The Bertz CT molecular complexity index is 270. The van der Waals surface area contributed by atoms with Crippen LogP contribution in [0.2, 0.25) is 15.1 Å². The second kappa shape index (κ2) is 3.18. The molecule has 0 unspecified atom stereocenters. The molecule has 0 aliphatic heterocycles. The Labute approximate surface area is 78.9 Å². The third kappa shape index (κ3) is 1.61. The van der Waals surface area contributed by atoms with Crippen LogP contribution in [0.15, 0.2) is 6.07 Å². The maximum atomic E-state index is 12.7. The van der Waals surface area contributed by atoms with E-state index in [1.165, 1.54) is 6.07 Å². The van der Waals surface area contributed by atoms with E-state index in [2.05, 4.69) is 0 Å². The number of hydrogen-bond acceptors (Lipinski definition) is 0. The van der Waals surface area contributed by atoms with Crippen molar-refractivity contribution in [1.82, 2.24) is 0 Å². The number of aryl methyl sites for hydroxylation is 1. The summed E-state index contributed by atoms with van der Waals surface area (Å²) in [6.07, 6.45) is 0. The van der Waals surface area contributed by atoms with E-state index in [9.17, 15) is 4.39 Å². The third-order valence-electron chi connectivity index (χ3n) is 1.28. The Kier molecular flexibility index (Phi) is 2.63. The molecule has 0 aromatic heterocycles. The molecule has 0 bridgehead atoms. The van der Waals surface area contributed by atoms with Crippen molar-refractivity contribution >= 4 is 34.8 Å². The van der Waals surface area contributed by atoms with Crippen LogP contribution in [-0.2, 0) is 0 Å². The van der Waals surface area contributed by atoms with Crippen molar-refractivity contribution in [3.63, 3.8) is 0 Å². The molecule has 0 heterocycles. The Balaban J connectivity index is 3.46. The average molecular weight is 213 g/mol. The molecular formula is C7H4Cl3F. The summed E-state index contributed by atoms with van der Waals surface area (Å²) in [6, 6.07) is 1.25. The first-order valence-electron chi connectivity index (χ1n) is 2.83. The molecular weight excluding hydrogens is 209 g/mol. The normalized spacial score (nSPS) is 10.3. The van der Waals surface area contributed by atoms with Gasteiger partial charge in [0, 0.05) is 0 Å². The monoisotopic (exact) mass is 212 g/mol. The quantitative estimate of drug-likeness (QED) is 0.450. The molecule has 0 saturated heterocycles. The van der Waals surface area contributed by atoms with Crippen molar-refractivity contribution < 1.29 is 4.39 Å². The number of benzene rings is 1. The predicted molar refractivity (Wildman–Crippen MR) is 46.2 cm³/mol. The predicted octanol–water partition coefficient (Wildman–Crippen LogP) is 4.09. The van der Waals surface area contributed by atoms with Crippen molar-refractivity contribution in [2.45, 2.75) is 6.92 Å². The second-order valence-electron chi connectivity index (χ2n) is 2.12. The summed E-state index contributed by atoms with van der Waals surface area (Å²) in [5.74, 6) is -0.543. The lowest BCUT2D eigenvalue weighted by Crippen LogP contribution is -1.83. The molecule has 1 aromatic carbocycles. The fraction of sp³-hybridized carbons (Fsp3) is 0.143. The van der Waals surface area contributed by atoms with Crippen LogP contribution >= 0.6 is 34.8 Å². The molecule has 0 fully saturated rings. The molecule has 4 heteroatoms. The van der Waals surface area contributed by atoms with Gasteiger partial charge in [0.25, 0.3) is 0 Å². The summed E-state index contributed by atoms with van der Waals surface area (Å²) < 4.78 is 12.7. The molecule has 0 radical (unpaired) electrons. The van der Waals surface area contributed by atoms with Crippen LogP contribution in [-0.4, -0.2) is 0 Å². The molecule has 0 saturated carbocycles. The van der Waals surface area contributed by atoms with Gasteiger partial charge in [-0.15, -0.1) is 0 Å². The first kappa shape index (κ1) is 9.11. The van der Waals surface area contributed by atoms with Gasteiger partial charge in [-0.3, -0.25) is 0 Å². The van der Waals surface area contributed by atoms with Crippen LogP contribution in [0.5, 0.6) is 0 Å². The standard InChI is InChI=1S/C7H4Cl3F/c1-3-2-4(11)6(9)7(10)5(3)8/h2H,1H3. The lowest BCUT2D eigenvalue weighted by atomic mass is 10.2. The van der Waals surface area contributed by atoms with Gasteiger partial charge in [-0.1, -0.05) is 34.8 Å². The van der Waals surface area contributed by atoms with Crippen LogP contribution in [0.1, 0.15) is 5.56 Å². The Morgan fingerprint density at radius 2 is 1.64 bits per heavy atom. The average Bonchev–Trinajstić information content (AvgIpc) is 1.97. The second-order valence-corrected chi connectivity index (χ2v) is 3.25. The first-order valence-corrected chi connectivity index (χ1v) is 3.97. The summed E-state index contributed by atoms with van der Waals surface area (Å²) in [4.78, 5) is 0. The van der Waals surface area contributed by atoms with Crippen LogP contribution in [0, 0.1) is 12.7 Å². The lowest BCUT2D eigenvalue weighted by Gasteiger charge is -2.02. The van der Waals surface area contributed by atoms with Crippen molar-refractivity contribution in [2.75, 3.05) is 0 Å². The maximum Gasteiger partial charge on any atom is 0.143 e. The van der Waals surface area contributed by atoms with E-state index in [1.54, 1.807) is 6.92 Å². The van der Waals surface area contributed by atoms with Crippen molar-refractivity contribution in [3.05, 3.63) is 32.5 Å². The Morgan fingerprint density at radius 1 is 1.09 bits per heavy atom. The lowest BCUT2D eigenvalue weighted by molar-refractivity contribution is 0.627. The molecule has 0 N–H and O–H groups in total. The van der Waals surface area contributed by atoms with Crippen molar-refractivity contribution in [3.8, 4) is 0 Å². The Morgan fingerprint density at radius 3 is 2.18 bits per heavy atom. The van der Waals surface area contributed by atoms with Gasteiger partial charge in [0.15, 0.2) is 0 Å². The molecule has 0 spiro atoms. The molecule has 11 heavy (non-hydrogen) atoms. The van der Waals surface area contributed by atoms with Gasteiger partial charge in [-0.25, -0.2) is 4.39 Å². The molecule has 0 aliphatic rings. The zero-order chi connectivity index (χ0) is 8.59. The van der Waals surface area contributed by atoms with E-state index in [0.29, 0.717) is 10.6 Å². The van der Waals surface area contributed by atoms with Gasteiger partial charge in [-0.05, 0) is 18.6 Å². The number of halogens is 4. The highest BCUT2D eigenvalue weighted by atomic mass is 35.5. The minimum atomic E-state index is -0.543. The molecule has 0 atom stereocenters. The fourth-order valence-corrected chi connectivity index (χ4v) is 1.28. The summed E-state index contributed by atoms with van der Waals surface area (Å²) in [7, 11) is 0. The van der Waals surface area contributed by atoms with E-state index in [-0.39, 0.29) is 10.0 Å². The summed E-state index contributed by atoms with van der Waals surface area (Å²) in [6.45, 7) is 1.66. The van der Waals surface area contributed by atoms with E-state index < -0.39 is 5.82 Å². The third-order valence-corrected chi connectivity index (χ3v) is 2.71. The molecule has 0 aliphatic carbocycles. The largest absolute Gasteiger partial charge is 0.205 e. The van der Waals surface area contributed by atoms with E-state index in [0.717, 1.165) is 0 Å². The van der Waals surface area contributed by atoms with Gasteiger partial charge in [0.1, 0.15) is 5.82 Å². The molecule has 1 aromatic rings. The highest BCUT2D eigenvalue weighted by Crippen LogP contribution is 2.34. The fourth-order valence-electron chi connectivity index (χ4n) is 0.691. The van der Waals surface area contributed by atoms with E-state index in [4.69, 9.17) is 34.8 Å². The zero-order valence-corrected chi connectivity index (χ0v) is 7.86. The summed E-state index contributed by atoms with van der Waals surface area (Å²) in [5, 5.41) is 0.256. The molecule has 60 valence electrons. The van der Waals surface area contributed by atoms with Gasteiger partial charge in [-0.2, -0.15) is 0 Å². The van der Waals surface area contributed by atoms with Gasteiger partial charge in [0.2, 0.25) is 0 Å². The zero-order valence-electron chi connectivity index (χ0n) is 5.59. The maximum absolute atomic E-state index is 12.7. The highest BCUT2D eigenvalue weighted by Gasteiger charge is 2.10. The van der Waals surface area contributed by atoms with Gasteiger partial charge >= 0.3 is 0 Å². The molecule has 0 amide bonds. The van der Waals surface area contributed by atoms with Crippen LogP contribution in [0.4, 0.5) is 4.39 Å². The first-order chi connectivity index (χ1) is 5.04. The number of rotatable bonds is 0. The van der Waals surface area contributed by atoms with E-state index >= 15 is 0 Å². The SMILES string of the molecule is Cc1cc(F)c(Cl)c(Cl)c1Cl. The minimum Gasteiger partial charge on any atom is -0.205 e. The van der Waals surface area contributed by atoms with E-state index in [1.807, 2.05) is 0 Å². The van der Waals surface area contributed by atoms with Gasteiger partial charge < -0.3 is 0 Å². The topological polar surface area (TPSA) is 0 Å². The molecule has 0 nitrogen and oxygen atoms in total. The molecule has 1 rings (SSSR count).